The Morgan fingerprint density at radius 2 is 1.12 bits per heavy atom. The fourth-order valence-electron chi connectivity index (χ4n) is 6.91. The SMILES string of the molecule is CCc1nc2c(cnn2CC)c(NC2CCOCC2)c1CNC(=O)COCC(=O)NCc1c(CC)nc2c(cnn2CC)c1NC1CCOCC1.O=C(O)C(F)(F)F. The molecule has 0 saturated carbocycles. The van der Waals surface area contributed by atoms with E-state index in [9.17, 15) is 22.8 Å². The van der Waals surface area contributed by atoms with Crippen molar-refractivity contribution in [2.24, 2.45) is 0 Å². The number of carbonyl (C=O) groups is 3. The highest BCUT2D eigenvalue weighted by atomic mass is 19.4. The van der Waals surface area contributed by atoms with Crippen LogP contribution >= 0.6 is 0 Å². The largest absolute Gasteiger partial charge is 0.490 e. The smallest absolute Gasteiger partial charge is 0.475 e. The van der Waals surface area contributed by atoms with Crippen LogP contribution in [-0.4, -0.2) is 110 Å². The van der Waals surface area contributed by atoms with E-state index in [1.807, 2.05) is 35.6 Å². The Kier molecular flexibility index (Phi) is 15.6. The van der Waals surface area contributed by atoms with E-state index in [-0.39, 0.29) is 50.2 Å². The van der Waals surface area contributed by atoms with E-state index in [4.69, 9.17) is 34.1 Å². The minimum Gasteiger partial charge on any atom is -0.475 e. The summed E-state index contributed by atoms with van der Waals surface area (Å²) in [6.07, 6.45) is 3.61. The van der Waals surface area contributed by atoms with Gasteiger partial charge < -0.3 is 40.6 Å². The van der Waals surface area contributed by atoms with Gasteiger partial charge in [-0.25, -0.2) is 24.1 Å². The quantitative estimate of drug-likeness (QED) is 0.108. The molecule has 5 N–H and O–H groups in total. The maximum atomic E-state index is 13.0. The zero-order chi connectivity index (χ0) is 41.8. The molecule has 2 fully saturated rings. The number of aromatic nitrogens is 6. The lowest BCUT2D eigenvalue weighted by molar-refractivity contribution is -0.192. The number of nitrogens with zero attached hydrogens (tertiary/aromatic N) is 6. The number of halogens is 3. The lowest BCUT2D eigenvalue weighted by Crippen LogP contribution is -2.33. The maximum absolute atomic E-state index is 13.0. The van der Waals surface area contributed by atoms with E-state index in [2.05, 4.69) is 45.3 Å². The number of rotatable bonds is 16. The molecule has 0 spiro atoms. The van der Waals surface area contributed by atoms with Gasteiger partial charge in [0.25, 0.3) is 0 Å². The van der Waals surface area contributed by atoms with Gasteiger partial charge in [0.2, 0.25) is 11.8 Å². The van der Waals surface area contributed by atoms with E-state index < -0.39 is 12.1 Å². The Hall–Kier alpha value is -5.08. The van der Waals surface area contributed by atoms with Crippen LogP contribution in [0, 0.1) is 0 Å². The molecular weight excluding hydrogens is 765 g/mol. The number of amides is 2. The molecule has 58 heavy (non-hydrogen) atoms. The molecule has 2 saturated heterocycles. The second-order valence-electron chi connectivity index (χ2n) is 13.8. The van der Waals surface area contributed by atoms with E-state index >= 15 is 0 Å². The third kappa shape index (κ3) is 11.1. The molecule has 17 nitrogen and oxygen atoms in total. The van der Waals surface area contributed by atoms with Gasteiger partial charge in [-0.3, -0.25) is 9.59 Å². The minimum absolute atomic E-state index is 0.248. The molecule has 2 amide bonds. The van der Waals surface area contributed by atoms with E-state index in [1.165, 1.54) is 0 Å². The molecule has 4 aromatic heterocycles. The van der Waals surface area contributed by atoms with Crippen molar-refractivity contribution in [3.63, 3.8) is 0 Å². The number of anilines is 2. The zero-order valence-electron chi connectivity index (χ0n) is 33.3. The van der Waals surface area contributed by atoms with Crippen molar-refractivity contribution in [1.29, 1.82) is 0 Å². The van der Waals surface area contributed by atoms with Crippen LogP contribution in [0.5, 0.6) is 0 Å². The first-order valence-electron chi connectivity index (χ1n) is 19.7. The van der Waals surface area contributed by atoms with Gasteiger partial charge in [-0.2, -0.15) is 23.4 Å². The highest BCUT2D eigenvalue weighted by Crippen LogP contribution is 2.33. The summed E-state index contributed by atoms with van der Waals surface area (Å²) in [6, 6.07) is 0.508. The monoisotopic (exact) mass is 818 g/mol. The summed E-state index contributed by atoms with van der Waals surface area (Å²) in [6.45, 7) is 12.5. The number of fused-ring (bicyclic) bond motifs is 2. The first-order chi connectivity index (χ1) is 27.9. The van der Waals surface area contributed by atoms with Gasteiger partial charge in [-0.05, 0) is 52.4 Å². The first kappa shape index (κ1) is 44.0. The van der Waals surface area contributed by atoms with Crippen molar-refractivity contribution < 1.29 is 46.9 Å². The second kappa shape index (κ2) is 20.6. The number of hydrogen-bond donors (Lipinski definition) is 5. The van der Waals surface area contributed by atoms with Crippen molar-refractivity contribution in [2.75, 3.05) is 50.3 Å². The van der Waals surface area contributed by atoms with Crippen molar-refractivity contribution in [2.45, 2.75) is 111 Å². The lowest BCUT2D eigenvalue weighted by Gasteiger charge is -2.26. The third-order valence-corrected chi connectivity index (χ3v) is 9.99. The molecule has 0 aromatic carbocycles. The molecule has 318 valence electrons. The molecule has 0 radical (unpaired) electrons. The van der Waals surface area contributed by atoms with Crippen molar-refractivity contribution in [1.82, 2.24) is 40.2 Å². The number of alkyl halides is 3. The number of aryl methyl sites for hydroxylation is 4. The molecule has 0 atom stereocenters. The topological polar surface area (TPSA) is 209 Å². The van der Waals surface area contributed by atoms with Gasteiger partial charge in [0, 0.05) is 87.2 Å². The number of pyridine rings is 2. The van der Waals surface area contributed by atoms with Crippen LogP contribution in [0.15, 0.2) is 12.4 Å². The summed E-state index contributed by atoms with van der Waals surface area (Å²) in [5.41, 5.74) is 7.25. The van der Waals surface area contributed by atoms with Gasteiger partial charge in [-0.1, -0.05) is 13.8 Å². The minimum atomic E-state index is -5.08. The summed E-state index contributed by atoms with van der Waals surface area (Å²) < 4.78 is 52.3. The number of aliphatic carboxylic acids is 1. The van der Waals surface area contributed by atoms with Gasteiger partial charge in [0.15, 0.2) is 11.3 Å². The van der Waals surface area contributed by atoms with E-state index in [0.29, 0.717) is 52.4 Å². The molecule has 2 aliphatic rings. The number of carboxylic acid groups (broad SMARTS) is 1. The van der Waals surface area contributed by atoms with Crippen molar-refractivity contribution in [3.8, 4) is 0 Å². The number of ether oxygens (including phenoxy) is 3. The van der Waals surface area contributed by atoms with Crippen LogP contribution in [0.3, 0.4) is 0 Å². The number of carboxylic acids is 1. The molecule has 0 unspecified atom stereocenters. The summed E-state index contributed by atoms with van der Waals surface area (Å²) in [4.78, 5) is 44.7. The molecular formula is C38H53F3N10O7. The van der Waals surface area contributed by atoms with Crippen LogP contribution in [0.2, 0.25) is 0 Å². The second-order valence-corrected chi connectivity index (χ2v) is 13.8. The fraction of sp³-hybridized carbons (Fsp3) is 0.605. The van der Waals surface area contributed by atoms with E-state index in [0.717, 1.165) is 81.6 Å². The molecule has 6 heterocycles. The van der Waals surface area contributed by atoms with Crippen LogP contribution in [-0.2, 0) is 67.6 Å². The molecule has 0 bridgehead atoms. The fourth-order valence-corrected chi connectivity index (χ4v) is 6.91. The van der Waals surface area contributed by atoms with Gasteiger partial charge >= 0.3 is 12.1 Å². The Labute approximate surface area is 333 Å². The zero-order valence-corrected chi connectivity index (χ0v) is 33.3. The van der Waals surface area contributed by atoms with Crippen molar-refractivity contribution >= 4 is 51.2 Å². The standard InChI is InChI=1S/C36H52N10O5.C2HF3O2/c1-5-29-25(33(41-23-9-13-49-14-10-23)27-19-39-45(7-3)35(27)43-29)17-37-31(47)21-51-22-32(48)38-18-26-30(6-2)44-36-28(20-40-46(36)8-4)34(26)42-24-11-15-50-16-12-24;3-2(4,5)1(6)7/h19-20,23-24H,5-18,21-22H2,1-4H3,(H,37,47)(H,38,48)(H,41,43)(H,42,44);(H,6,7). The highest BCUT2D eigenvalue weighted by Gasteiger charge is 2.38. The van der Waals surface area contributed by atoms with Crippen LogP contribution in [0.25, 0.3) is 22.1 Å². The highest BCUT2D eigenvalue weighted by molar-refractivity contribution is 5.93. The Morgan fingerprint density at radius 3 is 1.45 bits per heavy atom. The molecule has 2 aliphatic heterocycles. The number of hydrogen-bond acceptors (Lipinski definition) is 12. The third-order valence-electron chi connectivity index (χ3n) is 9.99. The van der Waals surface area contributed by atoms with Crippen LogP contribution in [0.4, 0.5) is 24.5 Å². The Bertz CT molecular complexity index is 1900. The van der Waals surface area contributed by atoms with E-state index in [1.54, 1.807) is 0 Å². The summed E-state index contributed by atoms with van der Waals surface area (Å²) in [7, 11) is 0. The van der Waals surface area contributed by atoms with Gasteiger partial charge in [-0.15, -0.1) is 0 Å². The first-order valence-corrected chi connectivity index (χ1v) is 19.7. The van der Waals surface area contributed by atoms with Gasteiger partial charge in [0.1, 0.15) is 13.2 Å². The predicted molar refractivity (Wildman–Crippen MR) is 208 cm³/mol. The average molecular weight is 819 g/mol. The average Bonchev–Trinajstić information content (AvgIpc) is 3.84. The summed E-state index contributed by atoms with van der Waals surface area (Å²) >= 11 is 0. The molecule has 6 rings (SSSR count). The molecule has 0 aliphatic carbocycles. The lowest BCUT2D eigenvalue weighted by atomic mass is 10.0. The normalized spacial score (nSPS) is 15.2. The van der Waals surface area contributed by atoms with Crippen LogP contribution in [0.1, 0.15) is 75.9 Å². The Balaban J connectivity index is 0.000000839. The number of carbonyl (C=O) groups excluding carboxylic acids is 2. The predicted octanol–water partition coefficient (Wildman–Crippen LogP) is 4.10. The summed E-state index contributed by atoms with van der Waals surface area (Å²) in [5, 5.41) is 31.6. The van der Waals surface area contributed by atoms with Gasteiger partial charge in [0.05, 0.1) is 34.5 Å². The number of nitrogens with one attached hydrogen (secondary N) is 4. The summed E-state index contributed by atoms with van der Waals surface area (Å²) in [5.74, 6) is -3.39. The van der Waals surface area contributed by atoms with Crippen LogP contribution < -0.4 is 21.3 Å². The van der Waals surface area contributed by atoms with Crippen molar-refractivity contribution in [3.05, 3.63) is 34.9 Å². The molecule has 20 heteroatoms. The maximum Gasteiger partial charge on any atom is 0.490 e. The Morgan fingerprint density at radius 1 is 0.741 bits per heavy atom. The molecule has 4 aromatic rings.